The lowest BCUT2D eigenvalue weighted by Crippen LogP contribution is -2.30. The van der Waals surface area contributed by atoms with Crippen molar-refractivity contribution in [3.05, 3.63) is 113 Å². The minimum atomic E-state index is -0.444. The van der Waals surface area contributed by atoms with Gasteiger partial charge in [-0.1, -0.05) is 29.8 Å². The van der Waals surface area contributed by atoms with Crippen LogP contribution in [0.15, 0.2) is 85.2 Å². The lowest BCUT2D eigenvalue weighted by Gasteiger charge is -2.29. The van der Waals surface area contributed by atoms with E-state index in [1.165, 1.54) is 6.07 Å². The SMILES string of the molecule is Cc1cccc(N2C(=S)N[C@H](c3ccccn3)[C@H]2c2cccn2-c2ccc(F)c(Cl)c2)c1. The van der Waals surface area contributed by atoms with Crippen molar-refractivity contribution in [2.45, 2.75) is 19.0 Å². The predicted octanol–water partition coefficient (Wildman–Crippen LogP) is 6.15. The van der Waals surface area contributed by atoms with Crippen LogP contribution in [0.4, 0.5) is 10.1 Å². The van der Waals surface area contributed by atoms with Crippen LogP contribution in [0.1, 0.15) is 29.0 Å². The summed E-state index contributed by atoms with van der Waals surface area (Å²) in [6.45, 7) is 2.06. The summed E-state index contributed by atoms with van der Waals surface area (Å²) in [5, 5.41) is 4.18. The molecule has 1 saturated heterocycles. The van der Waals surface area contributed by atoms with Gasteiger partial charge in [0.15, 0.2) is 5.11 Å². The zero-order chi connectivity index (χ0) is 22.2. The molecular weight excluding hydrogens is 443 g/mol. The van der Waals surface area contributed by atoms with Crippen molar-refractivity contribution in [2.24, 2.45) is 0 Å². The second-order valence-electron chi connectivity index (χ2n) is 7.74. The average molecular weight is 463 g/mol. The van der Waals surface area contributed by atoms with Crippen molar-refractivity contribution in [2.75, 3.05) is 4.90 Å². The van der Waals surface area contributed by atoms with E-state index in [0.29, 0.717) is 5.11 Å². The maximum absolute atomic E-state index is 13.8. The van der Waals surface area contributed by atoms with Crippen LogP contribution in [-0.4, -0.2) is 14.7 Å². The molecule has 0 aliphatic carbocycles. The van der Waals surface area contributed by atoms with Crippen LogP contribution < -0.4 is 10.2 Å². The van der Waals surface area contributed by atoms with Gasteiger partial charge in [-0.05, 0) is 79.3 Å². The molecule has 0 unspecified atom stereocenters. The molecule has 3 heterocycles. The number of aromatic nitrogens is 2. The van der Waals surface area contributed by atoms with Crippen LogP contribution in [-0.2, 0) is 0 Å². The molecule has 0 spiro atoms. The van der Waals surface area contributed by atoms with Gasteiger partial charge in [-0.25, -0.2) is 4.39 Å². The van der Waals surface area contributed by atoms with Gasteiger partial charge in [-0.15, -0.1) is 0 Å². The quantitative estimate of drug-likeness (QED) is 0.369. The molecule has 1 N–H and O–H groups in total. The molecule has 0 saturated carbocycles. The lowest BCUT2D eigenvalue weighted by molar-refractivity contribution is 0.549. The van der Waals surface area contributed by atoms with E-state index in [2.05, 4.69) is 46.4 Å². The molecule has 0 amide bonds. The van der Waals surface area contributed by atoms with Gasteiger partial charge in [0.05, 0.1) is 16.8 Å². The fourth-order valence-corrected chi connectivity index (χ4v) is 4.74. The third kappa shape index (κ3) is 3.66. The first kappa shape index (κ1) is 20.7. The van der Waals surface area contributed by atoms with Crippen molar-refractivity contribution in [1.29, 1.82) is 0 Å². The van der Waals surface area contributed by atoms with Crippen molar-refractivity contribution >= 4 is 34.6 Å². The van der Waals surface area contributed by atoms with Gasteiger partial charge in [-0.3, -0.25) is 4.98 Å². The first-order valence-electron chi connectivity index (χ1n) is 10.2. The summed E-state index contributed by atoms with van der Waals surface area (Å²) in [5.41, 5.74) is 4.79. The normalized spacial score (nSPS) is 18.1. The second kappa shape index (κ2) is 8.37. The van der Waals surface area contributed by atoms with E-state index >= 15 is 0 Å². The molecule has 4 nitrogen and oxygen atoms in total. The standard InChI is InChI=1S/C25H20ClFN4S/c1-16-6-4-7-18(14-16)31-24(23(29-25(31)32)21-8-2-3-12-28-21)22-9-5-13-30(22)17-10-11-20(27)19(26)15-17/h2-15,23-24H,1H3,(H,29,32)/t23-,24-/m1/s1. The molecule has 7 heteroatoms. The Morgan fingerprint density at radius 1 is 1.00 bits per heavy atom. The smallest absolute Gasteiger partial charge is 0.174 e. The highest BCUT2D eigenvalue weighted by molar-refractivity contribution is 7.80. The van der Waals surface area contributed by atoms with Gasteiger partial charge in [0.1, 0.15) is 11.9 Å². The summed E-state index contributed by atoms with van der Waals surface area (Å²) in [4.78, 5) is 6.72. The van der Waals surface area contributed by atoms with Crippen molar-refractivity contribution in [3.63, 3.8) is 0 Å². The van der Waals surface area contributed by atoms with E-state index in [4.69, 9.17) is 23.8 Å². The number of aryl methyl sites for hydroxylation is 1. The van der Waals surface area contributed by atoms with Crippen molar-refractivity contribution < 1.29 is 4.39 Å². The van der Waals surface area contributed by atoms with Crippen LogP contribution in [0, 0.1) is 12.7 Å². The van der Waals surface area contributed by atoms with Crippen LogP contribution in [0.3, 0.4) is 0 Å². The van der Waals surface area contributed by atoms with Gasteiger partial charge in [0.25, 0.3) is 0 Å². The van der Waals surface area contributed by atoms with E-state index < -0.39 is 5.82 Å². The highest BCUT2D eigenvalue weighted by Crippen LogP contribution is 2.42. The Hall–Kier alpha value is -3.22. The zero-order valence-corrected chi connectivity index (χ0v) is 18.8. The Bertz CT molecular complexity index is 1290. The summed E-state index contributed by atoms with van der Waals surface area (Å²) >= 11 is 11.9. The summed E-state index contributed by atoms with van der Waals surface area (Å²) in [6, 6.07) is 22.5. The van der Waals surface area contributed by atoms with Gasteiger partial charge >= 0.3 is 0 Å². The fourth-order valence-electron chi connectivity index (χ4n) is 4.22. The highest BCUT2D eigenvalue weighted by Gasteiger charge is 2.42. The maximum Gasteiger partial charge on any atom is 0.174 e. The molecule has 0 radical (unpaired) electrons. The second-order valence-corrected chi connectivity index (χ2v) is 8.53. The number of hydrogen-bond acceptors (Lipinski definition) is 2. The molecule has 32 heavy (non-hydrogen) atoms. The minimum Gasteiger partial charge on any atom is -0.351 e. The topological polar surface area (TPSA) is 33.1 Å². The van der Waals surface area contributed by atoms with Crippen LogP contribution in [0.25, 0.3) is 5.69 Å². The third-order valence-electron chi connectivity index (χ3n) is 5.64. The number of nitrogens with one attached hydrogen (secondary N) is 1. The van der Waals surface area contributed by atoms with Crippen LogP contribution >= 0.6 is 23.8 Å². The van der Waals surface area contributed by atoms with E-state index in [0.717, 1.165) is 28.3 Å². The van der Waals surface area contributed by atoms with Gasteiger partial charge in [0, 0.05) is 29.5 Å². The van der Waals surface area contributed by atoms with E-state index in [9.17, 15) is 4.39 Å². The number of hydrogen-bond donors (Lipinski definition) is 1. The lowest BCUT2D eigenvalue weighted by atomic mass is 10.0. The van der Waals surface area contributed by atoms with Gasteiger partial charge in [-0.2, -0.15) is 0 Å². The summed E-state index contributed by atoms with van der Waals surface area (Å²) in [5.74, 6) is -0.444. The molecular formula is C25H20ClFN4S. The number of pyridine rings is 1. The summed E-state index contributed by atoms with van der Waals surface area (Å²) in [6.07, 6.45) is 3.73. The van der Waals surface area contributed by atoms with Gasteiger partial charge in [0.2, 0.25) is 0 Å². The first-order chi connectivity index (χ1) is 15.5. The number of rotatable bonds is 4. The van der Waals surface area contributed by atoms with Crippen molar-refractivity contribution in [3.8, 4) is 5.69 Å². The first-order valence-corrected chi connectivity index (χ1v) is 11.0. The molecule has 2 aromatic heterocycles. The molecule has 1 aliphatic heterocycles. The predicted molar refractivity (Wildman–Crippen MR) is 130 cm³/mol. The zero-order valence-electron chi connectivity index (χ0n) is 17.2. The Morgan fingerprint density at radius 2 is 1.88 bits per heavy atom. The highest BCUT2D eigenvalue weighted by atomic mass is 35.5. The Labute approximate surface area is 196 Å². The molecule has 0 bridgehead atoms. The van der Waals surface area contributed by atoms with E-state index in [1.807, 2.05) is 41.1 Å². The number of anilines is 1. The Balaban J connectivity index is 1.68. The Morgan fingerprint density at radius 3 is 2.62 bits per heavy atom. The molecule has 4 aromatic rings. The van der Waals surface area contributed by atoms with Gasteiger partial charge < -0.3 is 14.8 Å². The molecule has 160 valence electrons. The van der Waals surface area contributed by atoms with Crippen molar-refractivity contribution in [1.82, 2.24) is 14.9 Å². The number of nitrogens with zero attached hydrogens (tertiary/aromatic N) is 3. The monoisotopic (exact) mass is 462 g/mol. The average Bonchev–Trinajstić information content (AvgIpc) is 3.40. The van der Waals surface area contributed by atoms with Crippen LogP contribution in [0.2, 0.25) is 5.02 Å². The third-order valence-corrected chi connectivity index (χ3v) is 6.25. The number of thiocarbonyl (C=S) groups is 1. The largest absolute Gasteiger partial charge is 0.351 e. The van der Waals surface area contributed by atoms with E-state index in [1.54, 1.807) is 18.3 Å². The molecule has 2 atom stereocenters. The summed E-state index contributed by atoms with van der Waals surface area (Å²) < 4.78 is 15.8. The minimum absolute atomic E-state index is 0.0824. The van der Waals surface area contributed by atoms with Crippen LogP contribution in [0.5, 0.6) is 0 Å². The molecule has 5 rings (SSSR count). The molecule has 1 aliphatic rings. The fraction of sp³-hybridized carbons (Fsp3) is 0.120. The van der Waals surface area contributed by atoms with E-state index in [-0.39, 0.29) is 17.1 Å². The Kier molecular flexibility index (Phi) is 5.41. The number of halogens is 2. The molecule has 1 fully saturated rings. The molecule has 2 aromatic carbocycles. The maximum atomic E-state index is 13.8. The number of benzene rings is 2. The summed E-state index contributed by atoms with van der Waals surface area (Å²) in [7, 11) is 0.